The van der Waals surface area contributed by atoms with Crippen LogP contribution in [0.5, 0.6) is 0 Å². The van der Waals surface area contributed by atoms with E-state index in [-0.39, 0.29) is 0 Å². The highest BCUT2D eigenvalue weighted by Gasteiger charge is 2.20. The molecule has 0 amide bonds. The fraction of sp³-hybridized carbons (Fsp3) is 0.500. The minimum atomic E-state index is 0.663. The second kappa shape index (κ2) is 6.77. The molecule has 1 N–H and O–H groups in total. The number of halogens is 1. The molecule has 1 aliphatic rings. The van der Waals surface area contributed by atoms with E-state index in [1.807, 2.05) is 18.2 Å². The van der Waals surface area contributed by atoms with Gasteiger partial charge in [-0.3, -0.25) is 0 Å². The summed E-state index contributed by atoms with van der Waals surface area (Å²) in [6.45, 7) is 2.54. The zero-order chi connectivity index (χ0) is 12.8. The van der Waals surface area contributed by atoms with Crippen molar-refractivity contribution in [1.82, 2.24) is 0 Å². The van der Waals surface area contributed by atoms with E-state index in [9.17, 15) is 0 Å². The standard InChI is InChI=1S/C14H17BrN2O/c15-13-3-1-4-14(12(13)9-16)17-7-2-8-18-10-11-5-6-11/h1,3-4,11,17H,2,5-8,10H2. The van der Waals surface area contributed by atoms with Crippen molar-refractivity contribution in [1.29, 1.82) is 5.26 Å². The third kappa shape index (κ3) is 4.01. The van der Waals surface area contributed by atoms with Crippen molar-refractivity contribution in [3.05, 3.63) is 28.2 Å². The molecular formula is C14H17BrN2O. The van der Waals surface area contributed by atoms with Crippen LogP contribution in [-0.2, 0) is 4.74 Å². The third-order valence-electron chi connectivity index (χ3n) is 2.96. The van der Waals surface area contributed by atoms with Crippen LogP contribution in [0.25, 0.3) is 0 Å². The molecule has 96 valence electrons. The van der Waals surface area contributed by atoms with Gasteiger partial charge in [0.1, 0.15) is 6.07 Å². The number of nitrogens with zero attached hydrogens (tertiary/aromatic N) is 1. The average molecular weight is 309 g/mol. The van der Waals surface area contributed by atoms with Crippen LogP contribution in [0.1, 0.15) is 24.8 Å². The molecule has 3 nitrogen and oxygen atoms in total. The molecule has 0 heterocycles. The van der Waals surface area contributed by atoms with Gasteiger partial charge in [-0.25, -0.2) is 0 Å². The van der Waals surface area contributed by atoms with Crippen molar-refractivity contribution >= 4 is 21.6 Å². The lowest BCUT2D eigenvalue weighted by atomic mass is 10.2. The Balaban J connectivity index is 1.69. The minimum absolute atomic E-state index is 0.663. The van der Waals surface area contributed by atoms with Crippen molar-refractivity contribution in [2.75, 3.05) is 25.1 Å². The molecule has 0 spiro atoms. The molecule has 0 aromatic heterocycles. The topological polar surface area (TPSA) is 45.0 Å². The second-order valence-electron chi connectivity index (χ2n) is 4.57. The van der Waals surface area contributed by atoms with Crippen LogP contribution in [0.4, 0.5) is 5.69 Å². The molecule has 4 heteroatoms. The highest BCUT2D eigenvalue weighted by atomic mass is 79.9. The molecule has 0 saturated heterocycles. The summed E-state index contributed by atoms with van der Waals surface area (Å²) >= 11 is 3.38. The monoisotopic (exact) mass is 308 g/mol. The van der Waals surface area contributed by atoms with Crippen LogP contribution in [0.2, 0.25) is 0 Å². The van der Waals surface area contributed by atoms with Crippen LogP contribution in [0.15, 0.2) is 22.7 Å². The Hall–Kier alpha value is -1.05. The highest BCUT2D eigenvalue weighted by molar-refractivity contribution is 9.10. The maximum atomic E-state index is 9.06. The van der Waals surface area contributed by atoms with Gasteiger partial charge in [-0.1, -0.05) is 6.07 Å². The Kier molecular flexibility index (Phi) is 5.03. The van der Waals surface area contributed by atoms with Gasteiger partial charge >= 0.3 is 0 Å². The molecule has 1 fully saturated rings. The van der Waals surface area contributed by atoms with E-state index in [1.165, 1.54) is 12.8 Å². The van der Waals surface area contributed by atoms with Gasteiger partial charge < -0.3 is 10.1 Å². The maximum absolute atomic E-state index is 9.06. The van der Waals surface area contributed by atoms with E-state index in [0.717, 1.165) is 42.3 Å². The summed E-state index contributed by atoms with van der Waals surface area (Å²) in [5.74, 6) is 0.827. The van der Waals surface area contributed by atoms with Crippen molar-refractivity contribution in [2.45, 2.75) is 19.3 Å². The van der Waals surface area contributed by atoms with E-state index in [2.05, 4.69) is 27.3 Å². The Bertz CT molecular complexity index is 438. The smallest absolute Gasteiger partial charge is 0.103 e. The van der Waals surface area contributed by atoms with E-state index in [4.69, 9.17) is 10.00 Å². The second-order valence-corrected chi connectivity index (χ2v) is 5.43. The van der Waals surface area contributed by atoms with Crippen molar-refractivity contribution in [3.63, 3.8) is 0 Å². The van der Waals surface area contributed by atoms with Gasteiger partial charge in [0.05, 0.1) is 11.3 Å². The summed E-state index contributed by atoms with van der Waals surface area (Å²) in [7, 11) is 0. The Labute approximate surface area is 116 Å². The number of benzene rings is 1. The molecule has 0 aliphatic heterocycles. The first-order valence-corrected chi connectivity index (χ1v) is 7.11. The molecule has 1 saturated carbocycles. The molecule has 0 radical (unpaired) electrons. The number of rotatable bonds is 7. The number of ether oxygens (including phenoxy) is 1. The normalized spacial score (nSPS) is 14.2. The summed E-state index contributed by atoms with van der Waals surface area (Å²) in [6, 6.07) is 7.93. The van der Waals surface area contributed by atoms with Crippen LogP contribution < -0.4 is 5.32 Å². The fourth-order valence-corrected chi connectivity index (χ4v) is 2.17. The molecule has 18 heavy (non-hydrogen) atoms. The number of nitriles is 1. The predicted molar refractivity (Wildman–Crippen MR) is 75.5 cm³/mol. The summed E-state index contributed by atoms with van der Waals surface area (Å²) in [5, 5.41) is 12.3. The Morgan fingerprint density at radius 2 is 2.28 bits per heavy atom. The van der Waals surface area contributed by atoms with Crippen molar-refractivity contribution in [3.8, 4) is 6.07 Å². The molecule has 1 aliphatic carbocycles. The predicted octanol–water partition coefficient (Wildman–Crippen LogP) is 3.55. The van der Waals surface area contributed by atoms with E-state index in [1.54, 1.807) is 0 Å². The highest BCUT2D eigenvalue weighted by Crippen LogP contribution is 2.28. The molecule has 1 aromatic carbocycles. The Morgan fingerprint density at radius 3 is 3.00 bits per heavy atom. The molecule has 0 atom stereocenters. The van der Waals surface area contributed by atoms with Gasteiger partial charge in [-0.2, -0.15) is 5.26 Å². The first-order chi connectivity index (χ1) is 8.81. The lowest BCUT2D eigenvalue weighted by molar-refractivity contribution is 0.124. The lowest BCUT2D eigenvalue weighted by Crippen LogP contribution is -2.08. The first-order valence-electron chi connectivity index (χ1n) is 6.31. The number of hydrogen-bond donors (Lipinski definition) is 1. The zero-order valence-electron chi connectivity index (χ0n) is 10.3. The number of anilines is 1. The largest absolute Gasteiger partial charge is 0.384 e. The van der Waals surface area contributed by atoms with Gasteiger partial charge in [0.15, 0.2) is 0 Å². The zero-order valence-corrected chi connectivity index (χ0v) is 11.9. The Morgan fingerprint density at radius 1 is 1.44 bits per heavy atom. The summed E-state index contributed by atoms with van der Waals surface area (Å²) in [5.41, 5.74) is 1.55. The van der Waals surface area contributed by atoms with Gasteiger partial charge in [0, 0.05) is 24.2 Å². The maximum Gasteiger partial charge on any atom is 0.103 e. The molecule has 2 rings (SSSR count). The fourth-order valence-electron chi connectivity index (χ4n) is 1.72. The van der Waals surface area contributed by atoms with Gasteiger partial charge in [-0.05, 0) is 53.2 Å². The average Bonchev–Trinajstić information content (AvgIpc) is 3.18. The van der Waals surface area contributed by atoms with E-state index in [0.29, 0.717) is 5.56 Å². The molecule has 0 bridgehead atoms. The lowest BCUT2D eigenvalue weighted by Gasteiger charge is -2.09. The summed E-state index contributed by atoms with van der Waals surface area (Å²) in [6.07, 6.45) is 3.63. The SMILES string of the molecule is N#Cc1c(Br)cccc1NCCCOCC1CC1. The minimum Gasteiger partial charge on any atom is -0.384 e. The van der Waals surface area contributed by atoms with Crippen LogP contribution in [-0.4, -0.2) is 19.8 Å². The van der Waals surface area contributed by atoms with Crippen LogP contribution in [0.3, 0.4) is 0 Å². The van der Waals surface area contributed by atoms with Crippen LogP contribution >= 0.6 is 15.9 Å². The van der Waals surface area contributed by atoms with E-state index < -0.39 is 0 Å². The number of nitrogens with one attached hydrogen (secondary N) is 1. The van der Waals surface area contributed by atoms with Gasteiger partial charge in [-0.15, -0.1) is 0 Å². The third-order valence-corrected chi connectivity index (χ3v) is 3.62. The first kappa shape index (κ1) is 13.4. The van der Waals surface area contributed by atoms with Crippen molar-refractivity contribution < 1.29 is 4.74 Å². The molecular weight excluding hydrogens is 292 g/mol. The van der Waals surface area contributed by atoms with Crippen molar-refractivity contribution in [2.24, 2.45) is 5.92 Å². The van der Waals surface area contributed by atoms with Crippen LogP contribution in [0, 0.1) is 17.2 Å². The summed E-state index contributed by atoms with van der Waals surface area (Å²) < 4.78 is 6.39. The van der Waals surface area contributed by atoms with Gasteiger partial charge in [0.25, 0.3) is 0 Å². The number of hydrogen-bond acceptors (Lipinski definition) is 3. The van der Waals surface area contributed by atoms with E-state index >= 15 is 0 Å². The summed E-state index contributed by atoms with van der Waals surface area (Å²) in [4.78, 5) is 0. The quantitative estimate of drug-likeness (QED) is 0.783. The molecule has 1 aromatic rings. The van der Waals surface area contributed by atoms with Gasteiger partial charge in [0.2, 0.25) is 0 Å². The molecule has 0 unspecified atom stereocenters.